The lowest BCUT2D eigenvalue weighted by atomic mass is 10.1. The van der Waals surface area contributed by atoms with Crippen molar-refractivity contribution in [1.82, 2.24) is 10.2 Å². The Bertz CT molecular complexity index is 1130. The van der Waals surface area contributed by atoms with Crippen molar-refractivity contribution in [3.05, 3.63) is 64.7 Å². The highest BCUT2D eigenvalue weighted by molar-refractivity contribution is 7.92. The zero-order valence-corrected chi connectivity index (χ0v) is 22.8. The third kappa shape index (κ3) is 7.82. The molecule has 2 aromatic carbocycles. The first-order valence-corrected chi connectivity index (χ1v) is 13.9. The number of carbonyl (C=O) groups is 2. The van der Waals surface area contributed by atoms with E-state index >= 15 is 0 Å². The second-order valence-electron chi connectivity index (χ2n) is 9.31. The van der Waals surface area contributed by atoms with Crippen LogP contribution in [0.3, 0.4) is 0 Å². The minimum absolute atomic E-state index is 0.0318. The number of aryl methyl sites for hydroxylation is 3. The van der Waals surface area contributed by atoms with Gasteiger partial charge >= 0.3 is 0 Å². The molecule has 192 valence electrons. The predicted octanol–water partition coefficient (Wildman–Crippen LogP) is 4.10. The number of hydrogen-bond donors (Lipinski definition) is 1. The molecule has 35 heavy (non-hydrogen) atoms. The van der Waals surface area contributed by atoms with Gasteiger partial charge in [0, 0.05) is 12.6 Å². The van der Waals surface area contributed by atoms with E-state index in [1.165, 1.54) is 4.90 Å². The Morgan fingerprint density at radius 3 is 2.06 bits per heavy atom. The molecule has 0 aliphatic rings. The smallest absolute Gasteiger partial charge is 0.244 e. The first kappa shape index (κ1) is 28.4. The maximum atomic E-state index is 13.7. The molecule has 2 atom stereocenters. The van der Waals surface area contributed by atoms with Crippen LogP contribution in [-0.4, -0.2) is 50.0 Å². The summed E-state index contributed by atoms with van der Waals surface area (Å²) >= 11 is 0. The lowest BCUT2D eigenvalue weighted by Gasteiger charge is -2.33. The van der Waals surface area contributed by atoms with Crippen molar-refractivity contribution >= 4 is 27.5 Å². The molecule has 0 saturated heterocycles. The quantitative estimate of drug-likeness (QED) is 0.502. The number of sulfonamides is 1. The monoisotopic (exact) mass is 501 g/mol. The average Bonchev–Trinajstić information content (AvgIpc) is 2.78. The van der Waals surface area contributed by atoms with Gasteiger partial charge in [0.05, 0.1) is 11.9 Å². The largest absolute Gasteiger partial charge is 0.352 e. The van der Waals surface area contributed by atoms with E-state index in [-0.39, 0.29) is 25.0 Å². The molecule has 1 N–H and O–H groups in total. The highest BCUT2D eigenvalue weighted by atomic mass is 32.2. The molecule has 7 nitrogen and oxygen atoms in total. The molecule has 0 fully saturated rings. The summed E-state index contributed by atoms with van der Waals surface area (Å²) in [5, 5.41) is 2.98. The Hall–Kier alpha value is -2.87. The van der Waals surface area contributed by atoms with E-state index in [0.29, 0.717) is 12.1 Å². The molecule has 0 bridgehead atoms. The second-order valence-corrected chi connectivity index (χ2v) is 11.2. The number of nitrogens with zero attached hydrogens (tertiary/aromatic N) is 2. The first-order valence-electron chi connectivity index (χ1n) is 12.1. The van der Waals surface area contributed by atoms with Crippen LogP contribution in [0.2, 0.25) is 0 Å². The number of amides is 2. The molecule has 0 aliphatic carbocycles. The van der Waals surface area contributed by atoms with Crippen LogP contribution >= 0.6 is 0 Å². The molecule has 0 heterocycles. The van der Waals surface area contributed by atoms with Gasteiger partial charge in [-0.05, 0) is 57.7 Å². The van der Waals surface area contributed by atoms with Crippen LogP contribution in [0.1, 0.15) is 55.9 Å². The molecule has 0 spiro atoms. The Morgan fingerprint density at radius 1 is 0.943 bits per heavy atom. The Labute approximate surface area is 210 Å². The van der Waals surface area contributed by atoms with Crippen LogP contribution in [-0.2, 0) is 26.2 Å². The number of hydrogen-bond acceptors (Lipinski definition) is 4. The van der Waals surface area contributed by atoms with Gasteiger partial charge in [-0.25, -0.2) is 8.42 Å². The topological polar surface area (TPSA) is 86.8 Å². The van der Waals surface area contributed by atoms with Gasteiger partial charge in [0.1, 0.15) is 12.6 Å². The molecular weight excluding hydrogens is 462 g/mol. The summed E-state index contributed by atoms with van der Waals surface area (Å²) in [4.78, 5) is 28.4. The third-order valence-corrected chi connectivity index (χ3v) is 7.29. The van der Waals surface area contributed by atoms with Crippen molar-refractivity contribution < 1.29 is 18.0 Å². The molecule has 2 rings (SSSR count). The molecular formula is C27H39N3O4S. The molecule has 0 aliphatic heterocycles. The molecule has 2 aromatic rings. The number of nitrogens with one attached hydrogen (secondary N) is 1. The number of benzene rings is 2. The summed E-state index contributed by atoms with van der Waals surface area (Å²) in [6.45, 7) is 11.3. The van der Waals surface area contributed by atoms with Crippen molar-refractivity contribution in [2.45, 2.75) is 73.0 Å². The van der Waals surface area contributed by atoms with E-state index in [1.54, 1.807) is 6.07 Å². The maximum Gasteiger partial charge on any atom is 0.244 e. The fraction of sp³-hybridized carbons (Fsp3) is 0.481. The van der Waals surface area contributed by atoms with E-state index < -0.39 is 22.0 Å². The third-order valence-electron chi connectivity index (χ3n) is 6.16. The van der Waals surface area contributed by atoms with E-state index in [2.05, 4.69) is 5.32 Å². The Balaban J connectivity index is 2.46. The van der Waals surface area contributed by atoms with E-state index in [0.717, 1.165) is 39.2 Å². The summed E-state index contributed by atoms with van der Waals surface area (Å²) in [5.74, 6) is -0.665. The highest BCUT2D eigenvalue weighted by Gasteiger charge is 2.32. The van der Waals surface area contributed by atoms with Crippen LogP contribution < -0.4 is 9.62 Å². The molecule has 0 aromatic heterocycles. The molecule has 8 heteroatoms. The van der Waals surface area contributed by atoms with Crippen LogP contribution in [0, 0.1) is 20.8 Å². The summed E-state index contributed by atoms with van der Waals surface area (Å²) in [5.41, 5.74) is 4.18. The van der Waals surface area contributed by atoms with Crippen molar-refractivity contribution in [2.24, 2.45) is 0 Å². The second kappa shape index (κ2) is 12.2. The van der Waals surface area contributed by atoms with Crippen LogP contribution in [0.15, 0.2) is 42.5 Å². The zero-order chi connectivity index (χ0) is 26.3. The summed E-state index contributed by atoms with van der Waals surface area (Å²) < 4.78 is 26.6. The normalized spacial score (nSPS) is 13.1. The van der Waals surface area contributed by atoms with Gasteiger partial charge in [0.15, 0.2) is 0 Å². The minimum atomic E-state index is -3.75. The number of carbonyl (C=O) groups excluding carboxylic acids is 2. The van der Waals surface area contributed by atoms with Gasteiger partial charge in [0.25, 0.3) is 0 Å². The number of rotatable bonds is 11. The molecule has 0 radical (unpaired) electrons. The molecule has 0 saturated carbocycles. The maximum absolute atomic E-state index is 13.7. The van der Waals surface area contributed by atoms with Crippen molar-refractivity contribution in [2.75, 3.05) is 17.1 Å². The van der Waals surface area contributed by atoms with Crippen LogP contribution in [0.4, 0.5) is 5.69 Å². The highest BCUT2D eigenvalue weighted by Crippen LogP contribution is 2.24. The minimum Gasteiger partial charge on any atom is -0.352 e. The van der Waals surface area contributed by atoms with Crippen molar-refractivity contribution in [1.29, 1.82) is 0 Å². The van der Waals surface area contributed by atoms with Gasteiger partial charge in [-0.2, -0.15) is 0 Å². The van der Waals surface area contributed by atoms with Crippen molar-refractivity contribution in [3.63, 3.8) is 0 Å². The van der Waals surface area contributed by atoms with E-state index in [4.69, 9.17) is 0 Å². The van der Waals surface area contributed by atoms with Gasteiger partial charge in [0.2, 0.25) is 21.8 Å². The Morgan fingerprint density at radius 2 is 1.54 bits per heavy atom. The molecule has 0 unspecified atom stereocenters. The van der Waals surface area contributed by atoms with Gasteiger partial charge in [-0.15, -0.1) is 0 Å². The van der Waals surface area contributed by atoms with Crippen LogP contribution in [0.5, 0.6) is 0 Å². The average molecular weight is 502 g/mol. The summed E-state index contributed by atoms with van der Waals surface area (Å²) in [7, 11) is -3.75. The lowest BCUT2D eigenvalue weighted by molar-refractivity contribution is -0.140. The fourth-order valence-electron chi connectivity index (χ4n) is 3.93. The SMILES string of the molecule is CC[C@H](C(=O)N[C@@H](C)CC)N(Cc1ccc(C)cc1)C(=O)CN(c1ccc(C)cc1C)S(C)(=O)=O. The van der Waals surface area contributed by atoms with E-state index in [1.807, 2.05) is 77.9 Å². The summed E-state index contributed by atoms with van der Waals surface area (Å²) in [6, 6.07) is 12.4. The first-order chi connectivity index (χ1) is 16.4. The summed E-state index contributed by atoms with van der Waals surface area (Å²) in [6.07, 6.45) is 2.27. The number of anilines is 1. The fourth-order valence-corrected chi connectivity index (χ4v) is 4.84. The zero-order valence-electron chi connectivity index (χ0n) is 22.0. The Kier molecular flexibility index (Phi) is 9.89. The van der Waals surface area contributed by atoms with E-state index in [9.17, 15) is 18.0 Å². The van der Waals surface area contributed by atoms with Gasteiger partial charge in [-0.3, -0.25) is 13.9 Å². The predicted molar refractivity (Wildman–Crippen MR) is 142 cm³/mol. The van der Waals surface area contributed by atoms with Gasteiger partial charge in [-0.1, -0.05) is 61.4 Å². The van der Waals surface area contributed by atoms with Crippen LogP contribution in [0.25, 0.3) is 0 Å². The standard InChI is InChI=1S/C27H39N3O4S/c1-8-22(6)28-27(32)24(9-2)29(17-23-13-10-19(3)11-14-23)26(31)18-30(35(7,33)34)25-15-12-20(4)16-21(25)5/h10-16,22,24H,8-9,17-18H2,1-7H3,(H,28,32)/t22-,24+/m0/s1. The van der Waals surface area contributed by atoms with Crippen molar-refractivity contribution in [3.8, 4) is 0 Å². The lowest BCUT2D eigenvalue weighted by Crippen LogP contribution is -2.53. The van der Waals surface area contributed by atoms with Gasteiger partial charge < -0.3 is 10.2 Å². The molecule has 2 amide bonds.